The number of rotatable bonds is 9. The number of aromatic amines is 1. The minimum Gasteiger partial charge on any atom is -0.348 e. The molecule has 0 saturated heterocycles. The minimum atomic E-state index is -0.106. The summed E-state index contributed by atoms with van der Waals surface area (Å²) in [5.41, 5.74) is 7.11. The topological polar surface area (TPSA) is 73.9 Å². The van der Waals surface area contributed by atoms with Crippen LogP contribution in [0.4, 0.5) is 0 Å². The molecule has 1 unspecified atom stereocenters. The molecule has 0 spiro atoms. The van der Waals surface area contributed by atoms with Gasteiger partial charge in [0.25, 0.3) is 5.91 Å². The molecule has 1 aliphatic carbocycles. The van der Waals surface area contributed by atoms with Gasteiger partial charge < -0.3 is 10.3 Å². The van der Waals surface area contributed by atoms with Gasteiger partial charge in [0, 0.05) is 12.7 Å². The summed E-state index contributed by atoms with van der Waals surface area (Å²) in [4.78, 5) is 28.3. The number of imidazole rings is 1. The van der Waals surface area contributed by atoms with Gasteiger partial charge in [0.05, 0.1) is 29.4 Å². The quantitative estimate of drug-likeness (QED) is 0.287. The SMILES string of the molecule is C/C=C(/C)C=CC/C(=C\C)CNC(=O)c1cccc2[nH]c(CN(C)C3CCCc4cccnc43)nc12. The first-order valence-electron chi connectivity index (χ1n) is 12.8. The Labute approximate surface area is 214 Å². The summed E-state index contributed by atoms with van der Waals surface area (Å²) in [6, 6.07) is 10.2. The molecule has 0 aliphatic heterocycles. The standard InChI is InChI=1S/C30H37N5O/c1-5-21(3)11-7-12-22(6-2)19-32-30(36)24-15-9-16-25-29(24)34-27(33-25)20-35(4)26-17-8-13-23-14-10-18-31-28(23)26/h5-7,9-11,14-16,18,26H,8,12-13,17,19-20H2,1-4H3,(H,32,36)(H,33,34)/b11-7?,21-5-,22-6+. The van der Waals surface area contributed by atoms with E-state index >= 15 is 0 Å². The van der Waals surface area contributed by atoms with E-state index in [4.69, 9.17) is 4.98 Å². The number of hydrogen-bond acceptors (Lipinski definition) is 4. The maximum atomic E-state index is 13.1. The molecule has 188 valence electrons. The fourth-order valence-corrected chi connectivity index (χ4v) is 4.78. The van der Waals surface area contributed by atoms with Crippen LogP contribution in [-0.2, 0) is 13.0 Å². The molecule has 0 bridgehead atoms. The number of carbonyl (C=O) groups excluding carboxylic acids is 1. The van der Waals surface area contributed by atoms with Crippen molar-refractivity contribution in [2.24, 2.45) is 0 Å². The summed E-state index contributed by atoms with van der Waals surface area (Å²) in [6.07, 6.45) is 14.4. The van der Waals surface area contributed by atoms with Crippen LogP contribution >= 0.6 is 0 Å². The van der Waals surface area contributed by atoms with Crippen LogP contribution in [-0.4, -0.2) is 39.4 Å². The molecule has 6 heteroatoms. The molecule has 1 aromatic carbocycles. The summed E-state index contributed by atoms with van der Waals surface area (Å²) < 4.78 is 0. The zero-order valence-electron chi connectivity index (χ0n) is 21.8. The number of nitrogens with zero attached hydrogens (tertiary/aromatic N) is 3. The first-order valence-corrected chi connectivity index (χ1v) is 12.8. The number of aromatic nitrogens is 3. The Morgan fingerprint density at radius 1 is 1.22 bits per heavy atom. The van der Waals surface area contributed by atoms with E-state index in [0.29, 0.717) is 24.2 Å². The zero-order valence-corrected chi connectivity index (χ0v) is 21.8. The van der Waals surface area contributed by atoms with Gasteiger partial charge in [0.1, 0.15) is 11.3 Å². The lowest BCUT2D eigenvalue weighted by atomic mass is 9.91. The van der Waals surface area contributed by atoms with E-state index in [1.807, 2.05) is 44.3 Å². The molecular formula is C30H37N5O. The van der Waals surface area contributed by atoms with Gasteiger partial charge >= 0.3 is 0 Å². The summed E-state index contributed by atoms with van der Waals surface area (Å²) in [6.45, 7) is 7.29. The molecule has 2 heterocycles. The van der Waals surface area contributed by atoms with E-state index in [-0.39, 0.29) is 11.9 Å². The van der Waals surface area contributed by atoms with Gasteiger partial charge in [0.15, 0.2) is 0 Å². The smallest absolute Gasteiger partial charge is 0.253 e. The number of H-pyrrole nitrogens is 1. The third-order valence-electron chi connectivity index (χ3n) is 7.00. The molecule has 36 heavy (non-hydrogen) atoms. The summed E-state index contributed by atoms with van der Waals surface area (Å²) in [7, 11) is 2.13. The predicted molar refractivity (Wildman–Crippen MR) is 147 cm³/mol. The number of fused-ring (bicyclic) bond motifs is 2. The van der Waals surface area contributed by atoms with Gasteiger partial charge in [-0.3, -0.25) is 14.7 Å². The van der Waals surface area contributed by atoms with Gasteiger partial charge in [-0.15, -0.1) is 0 Å². The second-order valence-corrected chi connectivity index (χ2v) is 9.52. The lowest BCUT2D eigenvalue weighted by Crippen LogP contribution is -2.28. The number of carbonyl (C=O) groups is 1. The Morgan fingerprint density at radius 2 is 2.08 bits per heavy atom. The fraction of sp³-hybridized carbons (Fsp3) is 0.367. The van der Waals surface area contributed by atoms with Gasteiger partial charge in [-0.05, 0) is 77.3 Å². The van der Waals surface area contributed by atoms with Crippen LogP contribution in [0.25, 0.3) is 11.0 Å². The van der Waals surface area contributed by atoms with Crippen molar-refractivity contribution in [3.63, 3.8) is 0 Å². The minimum absolute atomic E-state index is 0.106. The average Bonchev–Trinajstić information content (AvgIpc) is 3.32. The number of para-hydroxylation sites is 1. The van der Waals surface area contributed by atoms with Crippen LogP contribution in [0.3, 0.4) is 0 Å². The molecule has 6 nitrogen and oxygen atoms in total. The summed E-state index contributed by atoms with van der Waals surface area (Å²) in [5.74, 6) is 0.750. The molecule has 2 N–H and O–H groups in total. The molecular weight excluding hydrogens is 446 g/mol. The van der Waals surface area contributed by atoms with E-state index in [0.717, 1.165) is 37.0 Å². The second-order valence-electron chi connectivity index (χ2n) is 9.52. The van der Waals surface area contributed by atoms with Crippen molar-refractivity contribution in [2.45, 2.75) is 59.0 Å². The van der Waals surface area contributed by atoms with Gasteiger partial charge in [-0.2, -0.15) is 0 Å². The number of nitrogens with one attached hydrogen (secondary N) is 2. The third kappa shape index (κ3) is 6.00. The van der Waals surface area contributed by atoms with Crippen LogP contribution in [0.2, 0.25) is 0 Å². The number of pyridine rings is 1. The number of amides is 1. The highest BCUT2D eigenvalue weighted by Gasteiger charge is 2.25. The summed E-state index contributed by atoms with van der Waals surface area (Å²) >= 11 is 0. The van der Waals surface area contributed by atoms with Gasteiger partial charge in [-0.1, -0.05) is 47.6 Å². The first kappa shape index (κ1) is 25.6. The third-order valence-corrected chi connectivity index (χ3v) is 7.00. The zero-order chi connectivity index (χ0) is 25.5. The number of aryl methyl sites for hydroxylation is 1. The molecule has 2 aromatic heterocycles. The van der Waals surface area contributed by atoms with Crippen LogP contribution in [0.1, 0.15) is 73.5 Å². The van der Waals surface area contributed by atoms with E-state index in [2.05, 4.69) is 64.5 Å². The largest absolute Gasteiger partial charge is 0.348 e. The molecule has 3 aromatic rings. The number of benzene rings is 1. The van der Waals surface area contributed by atoms with E-state index < -0.39 is 0 Å². The Balaban J connectivity index is 1.44. The maximum absolute atomic E-state index is 13.1. The van der Waals surface area contributed by atoms with Crippen LogP contribution in [0.15, 0.2) is 72.0 Å². The van der Waals surface area contributed by atoms with Gasteiger partial charge in [0.2, 0.25) is 0 Å². The lowest BCUT2D eigenvalue weighted by Gasteiger charge is -2.31. The molecule has 1 aliphatic rings. The van der Waals surface area contributed by atoms with Crippen LogP contribution < -0.4 is 5.32 Å². The molecule has 1 atom stereocenters. The maximum Gasteiger partial charge on any atom is 0.253 e. The van der Waals surface area contributed by atoms with Crippen LogP contribution in [0.5, 0.6) is 0 Å². The molecule has 4 rings (SSSR count). The highest BCUT2D eigenvalue weighted by molar-refractivity contribution is 6.04. The Bertz CT molecular complexity index is 1300. The van der Waals surface area contributed by atoms with Crippen molar-refractivity contribution in [3.8, 4) is 0 Å². The lowest BCUT2D eigenvalue weighted by molar-refractivity contribution is 0.0958. The van der Waals surface area contributed by atoms with Gasteiger partial charge in [-0.25, -0.2) is 4.98 Å². The molecule has 0 radical (unpaired) electrons. The Kier molecular flexibility index (Phi) is 8.49. The van der Waals surface area contributed by atoms with Crippen LogP contribution in [0, 0.1) is 0 Å². The number of allylic oxidation sites excluding steroid dienone is 5. The molecule has 1 amide bonds. The van der Waals surface area contributed by atoms with Crippen molar-refractivity contribution in [3.05, 3.63) is 94.6 Å². The van der Waals surface area contributed by atoms with E-state index in [1.54, 1.807) is 0 Å². The monoisotopic (exact) mass is 483 g/mol. The number of hydrogen-bond donors (Lipinski definition) is 2. The average molecular weight is 484 g/mol. The van der Waals surface area contributed by atoms with E-state index in [1.165, 1.54) is 22.4 Å². The van der Waals surface area contributed by atoms with Crippen molar-refractivity contribution in [1.82, 2.24) is 25.2 Å². The molecule has 0 saturated carbocycles. The normalized spacial score (nSPS) is 16.6. The highest BCUT2D eigenvalue weighted by Crippen LogP contribution is 2.32. The second kappa shape index (κ2) is 12.0. The Hall–Kier alpha value is -3.51. The van der Waals surface area contributed by atoms with Crippen molar-refractivity contribution >= 4 is 16.9 Å². The molecule has 0 fully saturated rings. The van der Waals surface area contributed by atoms with Crippen molar-refractivity contribution in [1.29, 1.82) is 0 Å². The predicted octanol–water partition coefficient (Wildman–Crippen LogP) is 6.06. The highest BCUT2D eigenvalue weighted by atomic mass is 16.1. The van der Waals surface area contributed by atoms with Crippen molar-refractivity contribution < 1.29 is 4.79 Å². The first-order chi connectivity index (χ1) is 17.5. The fourth-order valence-electron chi connectivity index (χ4n) is 4.78. The van der Waals surface area contributed by atoms with Crippen molar-refractivity contribution in [2.75, 3.05) is 13.6 Å². The Morgan fingerprint density at radius 3 is 2.89 bits per heavy atom. The van der Waals surface area contributed by atoms with E-state index in [9.17, 15) is 4.79 Å². The summed E-state index contributed by atoms with van der Waals surface area (Å²) in [5, 5.41) is 3.08.